The minimum Gasteiger partial charge on any atom is -0.497 e. The number of methoxy groups -OCH3 is 1. The molecule has 2 heteroatoms. The summed E-state index contributed by atoms with van der Waals surface area (Å²) in [5.41, 5.74) is 0. The SMILES string of the molecule is COC1=CC[C@H](C2CCCN2)C=C1. The van der Waals surface area contributed by atoms with E-state index in [1.54, 1.807) is 7.11 Å². The molecule has 2 nitrogen and oxygen atoms in total. The Labute approximate surface area is 79.7 Å². The molecule has 0 radical (unpaired) electrons. The molecule has 2 atom stereocenters. The van der Waals surface area contributed by atoms with Crippen molar-refractivity contribution in [3.8, 4) is 0 Å². The normalized spacial score (nSPS) is 33.2. The molecule has 2 aliphatic rings. The maximum atomic E-state index is 5.16. The van der Waals surface area contributed by atoms with Crippen LogP contribution in [0.3, 0.4) is 0 Å². The summed E-state index contributed by atoms with van der Waals surface area (Å²) in [6, 6.07) is 0.700. The van der Waals surface area contributed by atoms with Gasteiger partial charge in [0.2, 0.25) is 0 Å². The van der Waals surface area contributed by atoms with Gasteiger partial charge < -0.3 is 10.1 Å². The average molecular weight is 179 g/mol. The van der Waals surface area contributed by atoms with Crippen molar-refractivity contribution >= 4 is 0 Å². The molecule has 1 aliphatic carbocycles. The summed E-state index contributed by atoms with van der Waals surface area (Å²) in [6.45, 7) is 1.19. The Bertz CT molecular complexity index is 226. The summed E-state index contributed by atoms with van der Waals surface area (Å²) in [5, 5.41) is 3.54. The molecule has 2 rings (SSSR count). The van der Waals surface area contributed by atoms with E-state index < -0.39 is 0 Å². The molecule has 0 aromatic carbocycles. The van der Waals surface area contributed by atoms with Crippen LogP contribution in [0.15, 0.2) is 24.0 Å². The Morgan fingerprint density at radius 3 is 3.00 bits per heavy atom. The van der Waals surface area contributed by atoms with Gasteiger partial charge in [-0.05, 0) is 43.9 Å². The maximum Gasteiger partial charge on any atom is 0.114 e. The van der Waals surface area contributed by atoms with E-state index in [0.717, 1.165) is 12.2 Å². The molecule has 1 aliphatic heterocycles. The van der Waals surface area contributed by atoms with Crippen LogP contribution < -0.4 is 5.32 Å². The zero-order chi connectivity index (χ0) is 9.10. The first-order chi connectivity index (χ1) is 6.40. The lowest BCUT2D eigenvalue weighted by Crippen LogP contribution is -2.29. The van der Waals surface area contributed by atoms with Gasteiger partial charge in [0.1, 0.15) is 5.76 Å². The Hall–Kier alpha value is -0.760. The Morgan fingerprint density at radius 1 is 1.54 bits per heavy atom. The van der Waals surface area contributed by atoms with Crippen LogP contribution in [-0.4, -0.2) is 19.7 Å². The lowest BCUT2D eigenvalue weighted by Gasteiger charge is -2.21. The molecule has 0 saturated carbocycles. The highest BCUT2D eigenvalue weighted by Gasteiger charge is 2.23. The molecular weight excluding hydrogens is 162 g/mol. The van der Waals surface area contributed by atoms with E-state index in [1.807, 2.05) is 0 Å². The van der Waals surface area contributed by atoms with Gasteiger partial charge in [-0.3, -0.25) is 0 Å². The van der Waals surface area contributed by atoms with Gasteiger partial charge in [0.05, 0.1) is 7.11 Å². The lowest BCUT2D eigenvalue weighted by atomic mass is 9.91. The summed E-state index contributed by atoms with van der Waals surface area (Å²) < 4.78 is 5.16. The fourth-order valence-corrected chi connectivity index (χ4v) is 2.14. The molecule has 0 bridgehead atoms. The van der Waals surface area contributed by atoms with Crippen molar-refractivity contribution in [1.82, 2.24) is 5.32 Å². The zero-order valence-electron chi connectivity index (χ0n) is 8.12. The minimum atomic E-state index is 0.682. The maximum absolute atomic E-state index is 5.16. The van der Waals surface area contributed by atoms with Crippen LogP contribution in [0.1, 0.15) is 19.3 Å². The van der Waals surface area contributed by atoms with Crippen LogP contribution in [0.5, 0.6) is 0 Å². The van der Waals surface area contributed by atoms with Gasteiger partial charge in [-0.25, -0.2) is 0 Å². The molecular formula is C11H17NO. The van der Waals surface area contributed by atoms with Gasteiger partial charge in [-0.15, -0.1) is 0 Å². The molecule has 1 N–H and O–H groups in total. The van der Waals surface area contributed by atoms with Crippen LogP contribution in [0.25, 0.3) is 0 Å². The lowest BCUT2D eigenvalue weighted by molar-refractivity contribution is 0.299. The van der Waals surface area contributed by atoms with Crippen molar-refractivity contribution in [2.24, 2.45) is 5.92 Å². The molecule has 72 valence electrons. The standard InChI is InChI=1S/C11H17NO/c1-13-10-6-4-9(5-7-10)11-3-2-8-12-11/h4,6-7,9,11-12H,2-3,5,8H2,1H3/t9-,11?/m1/s1. The van der Waals surface area contributed by atoms with E-state index in [-0.39, 0.29) is 0 Å². The highest BCUT2D eigenvalue weighted by molar-refractivity contribution is 5.19. The first kappa shape index (κ1) is 8.82. The van der Waals surface area contributed by atoms with E-state index in [2.05, 4.69) is 23.5 Å². The van der Waals surface area contributed by atoms with Crippen LogP contribution in [0.2, 0.25) is 0 Å². The second kappa shape index (κ2) is 3.97. The van der Waals surface area contributed by atoms with Gasteiger partial charge >= 0.3 is 0 Å². The summed E-state index contributed by atoms with van der Waals surface area (Å²) in [6.07, 6.45) is 10.3. The quantitative estimate of drug-likeness (QED) is 0.698. The van der Waals surface area contributed by atoms with Gasteiger partial charge in [-0.2, -0.15) is 0 Å². The zero-order valence-corrected chi connectivity index (χ0v) is 8.12. The molecule has 13 heavy (non-hydrogen) atoms. The third kappa shape index (κ3) is 1.94. The van der Waals surface area contributed by atoms with Gasteiger partial charge in [0.25, 0.3) is 0 Å². The minimum absolute atomic E-state index is 0.682. The molecule has 0 spiro atoms. The van der Waals surface area contributed by atoms with E-state index in [9.17, 15) is 0 Å². The van der Waals surface area contributed by atoms with Crippen LogP contribution in [-0.2, 0) is 4.74 Å². The third-order valence-electron chi connectivity index (χ3n) is 2.95. The molecule has 0 amide bonds. The van der Waals surface area contributed by atoms with Crippen molar-refractivity contribution in [3.05, 3.63) is 24.0 Å². The average Bonchev–Trinajstić information content (AvgIpc) is 2.71. The molecule has 0 aromatic heterocycles. The Balaban J connectivity index is 1.91. The molecule has 1 fully saturated rings. The number of hydrogen-bond acceptors (Lipinski definition) is 2. The monoisotopic (exact) mass is 179 g/mol. The summed E-state index contributed by atoms with van der Waals surface area (Å²) in [4.78, 5) is 0. The van der Waals surface area contributed by atoms with E-state index in [0.29, 0.717) is 12.0 Å². The van der Waals surface area contributed by atoms with Crippen LogP contribution >= 0.6 is 0 Å². The number of nitrogens with one attached hydrogen (secondary N) is 1. The highest BCUT2D eigenvalue weighted by Crippen LogP contribution is 2.24. The van der Waals surface area contributed by atoms with Crippen molar-refractivity contribution in [2.75, 3.05) is 13.7 Å². The third-order valence-corrected chi connectivity index (χ3v) is 2.95. The van der Waals surface area contributed by atoms with Gasteiger partial charge in [-0.1, -0.05) is 6.08 Å². The number of allylic oxidation sites excluding steroid dienone is 2. The van der Waals surface area contributed by atoms with Gasteiger partial charge in [0.15, 0.2) is 0 Å². The van der Waals surface area contributed by atoms with E-state index in [4.69, 9.17) is 4.74 Å². The molecule has 0 aromatic rings. The second-order valence-electron chi connectivity index (χ2n) is 3.77. The number of ether oxygens (including phenoxy) is 1. The van der Waals surface area contributed by atoms with Crippen LogP contribution in [0, 0.1) is 5.92 Å². The largest absolute Gasteiger partial charge is 0.497 e. The molecule has 1 saturated heterocycles. The topological polar surface area (TPSA) is 21.3 Å². The van der Waals surface area contributed by atoms with Crippen molar-refractivity contribution in [2.45, 2.75) is 25.3 Å². The smallest absolute Gasteiger partial charge is 0.114 e. The second-order valence-corrected chi connectivity index (χ2v) is 3.77. The first-order valence-electron chi connectivity index (χ1n) is 5.06. The summed E-state index contributed by atoms with van der Waals surface area (Å²) in [5.74, 6) is 1.69. The van der Waals surface area contributed by atoms with Crippen molar-refractivity contribution < 1.29 is 4.74 Å². The number of hydrogen-bond donors (Lipinski definition) is 1. The van der Waals surface area contributed by atoms with Crippen LogP contribution in [0.4, 0.5) is 0 Å². The van der Waals surface area contributed by atoms with E-state index >= 15 is 0 Å². The van der Waals surface area contributed by atoms with Crippen molar-refractivity contribution in [1.29, 1.82) is 0 Å². The summed E-state index contributed by atoms with van der Waals surface area (Å²) >= 11 is 0. The highest BCUT2D eigenvalue weighted by atomic mass is 16.5. The van der Waals surface area contributed by atoms with Crippen molar-refractivity contribution in [3.63, 3.8) is 0 Å². The van der Waals surface area contributed by atoms with Gasteiger partial charge in [0, 0.05) is 6.04 Å². The number of rotatable bonds is 2. The predicted molar refractivity (Wildman–Crippen MR) is 53.4 cm³/mol. The van der Waals surface area contributed by atoms with E-state index in [1.165, 1.54) is 19.4 Å². The predicted octanol–water partition coefficient (Wildman–Crippen LogP) is 1.84. The Morgan fingerprint density at radius 2 is 2.46 bits per heavy atom. The molecule has 1 unspecified atom stereocenters. The fraction of sp³-hybridized carbons (Fsp3) is 0.636. The Kier molecular flexibility index (Phi) is 2.69. The first-order valence-corrected chi connectivity index (χ1v) is 5.06. The molecule has 1 heterocycles. The fourth-order valence-electron chi connectivity index (χ4n) is 2.14. The summed E-state index contributed by atoms with van der Waals surface area (Å²) in [7, 11) is 1.73.